The summed E-state index contributed by atoms with van der Waals surface area (Å²) in [6.07, 6.45) is 2.54. The third kappa shape index (κ3) is 11.6. The topological polar surface area (TPSA) is 15.3 Å². The van der Waals surface area contributed by atoms with Crippen LogP contribution in [0.3, 0.4) is 0 Å². The van der Waals surface area contributed by atoms with E-state index in [-0.39, 0.29) is 0 Å². The molecule has 0 unspecified atom stereocenters. The van der Waals surface area contributed by atoms with E-state index in [1.54, 1.807) is 0 Å². The summed E-state index contributed by atoms with van der Waals surface area (Å²) in [5.74, 6) is 0.760. The van der Waals surface area contributed by atoms with Gasteiger partial charge in [0, 0.05) is 6.54 Å². The molecule has 0 aliphatic heterocycles. The molecule has 0 radical (unpaired) electrons. The molecular weight excluding hydrogens is 184 g/mol. The lowest BCUT2D eigenvalue weighted by Crippen LogP contribution is -2.24. The molecular formula is C13H28N2. The minimum atomic E-state index is 0.760. The molecule has 0 heterocycles. The minimum absolute atomic E-state index is 0.760. The van der Waals surface area contributed by atoms with Crippen LogP contribution in [0, 0.1) is 5.92 Å². The first kappa shape index (κ1) is 14.7. The molecule has 15 heavy (non-hydrogen) atoms. The summed E-state index contributed by atoms with van der Waals surface area (Å²) >= 11 is 0. The first-order valence-corrected chi connectivity index (χ1v) is 6.06. The minimum Gasteiger partial charge on any atom is -0.316 e. The SMILES string of the molecule is C=C(C)CN(C)CCCCNCC(C)C. The van der Waals surface area contributed by atoms with Gasteiger partial charge in [0.25, 0.3) is 0 Å². The number of likely N-dealkylation sites (N-methyl/N-ethyl adjacent to an activating group) is 1. The number of hydrogen-bond donors (Lipinski definition) is 1. The molecule has 1 N–H and O–H groups in total. The maximum absolute atomic E-state index is 3.92. The first-order valence-electron chi connectivity index (χ1n) is 6.06. The third-order valence-corrected chi connectivity index (χ3v) is 2.24. The van der Waals surface area contributed by atoms with E-state index in [4.69, 9.17) is 0 Å². The molecule has 0 atom stereocenters. The van der Waals surface area contributed by atoms with Crippen LogP contribution < -0.4 is 5.32 Å². The molecule has 0 fully saturated rings. The quantitative estimate of drug-likeness (QED) is 0.467. The van der Waals surface area contributed by atoms with Gasteiger partial charge in [0.15, 0.2) is 0 Å². The van der Waals surface area contributed by atoms with E-state index in [9.17, 15) is 0 Å². The van der Waals surface area contributed by atoms with Gasteiger partial charge in [0.1, 0.15) is 0 Å². The summed E-state index contributed by atoms with van der Waals surface area (Å²) in [5, 5.41) is 3.46. The van der Waals surface area contributed by atoms with Crippen LogP contribution in [0.1, 0.15) is 33.6 Å². The van der Waals surface area contributed by atoms with Crippen LogP contribution in [-0.4, -0.2) is 38.1 Å². The van der Waals surface area contributed by atoms with E-state index in [1.165, 1.54) is 25.0 Å². The zero-order valence-electron chi connectivity index (χ0n) is 11.0. The zero-order chi connectivity index (χ0) is 11.7. The smallest absolute Gasteiger partial charge is 0.0184 e. The zero-order valence-corrected chi connectivity index (χ0v) is 11.0. The molecule has 0 saturated heterocycles. The fourth-order valence-corrected chi connectivity index (χ4v) is 1.56. The van der Waals surface area contributed by atoms with E-state index in [0.717, 1.165) is 25.6 Å². The van der Waals surface area contributed by atoms with Crippen molar-refractivity contribution >= 4 is 0 Å². The predicted molar refractivity (Wildman–Crippen MR) is 69.3 cm³/mol. The molecule has 0 amide bonds. The molecule has 2 nitrogen and oxygen atoms in total. The predicted octanol–water partition coefficient (Wildman–Crippen LogP) is 2.52. The molecule has 0 aromatic heterocycles. The van der Waals surface area contributed by atoms with E-state index in [0.29, 0.717) is 0 Å². The Hall–Kier alpha value is -0.340. The molecule has 0 bridgehead atoms. The number of unbranched alkanes of at least 4 members (excludes halogenated alkanes) is 1. The van der Waals surface area contributed by atoms with Crippen LogP contribution >= 0.6 is 0 Å². The Morgan fingerprint density at radius 2 is 2.00 bits per heavy atom. The van der Waals surface area contributed by atoms with Gasteiger partial charge in [-0.1, -0.05) is 26.0 Å². The van der Waals surface area contributed by atoms with Crippen molar-refractivity contribution in [2.45, 2.75) is 33.6 Å². The van der Waals surface area contributed by atoms with Crippen LogP contribution in [0.25, 0.3) is 0 Å². The van der Waals surface area contributed by atoms with Crippen molar-refractivity contribution in [3.05, 3.63) is 12.2 Å². The maximum Gasteiger partial charge on any atom is 0.0184 e. The van der Waals surface area contributed by atoms with E-state index < -0.39 is 0 Å². The Kier molecular flexibility index (Phi) is 8.73. The van der Waals surface area contributed by atoms with Crippen molar-refractivity contribution < 1.29 is 0 Å². The van der Waals surface area contributed by atoms with Crippen molar-refractivity contribution in [3.8, 4) is 0 Å². The lowest BCUT2D eigenvalue weighted by atomic mass is 10.2. The summed E-state index contributed by atoms with van der Waals surface area (Å²) < 4.78 is 0. The van der Waals surface area contributed by atoms with Crippen molar-refractivity contribution in [1.82, 2.24) is 10.2 Å². The average molecular weight is 212 g/mol. The van der Waals surface area contributed by atoms with Crippen LogP contribution in [0.15, 0.2) is 12.2 Å². The fourth-order valence-electron chi connectivity index (χ4n) is 1.56. The number of rotatable bonds is 9. The van der Waals surface area contributed by atoms with Gasteiger partial charge in [-0.05, 0) is 52.4 Å². The third-order valence-electron chi connectivity index (χ3n) is 2.24. The van der Waals surface area contributed by atoms with Gasteiger partial charge in [-0.3, -0.25) is 0 Å². The van der Waals surface area contributed by atoms with Crippen LogP contribution in [0.4, 0.5) is 0 Å². The number of hydrogen-bond acceptors (Lipinski definition) is 2. The lowest BCUT2D eigenvalue weighted by Gasteiger charge is -2.16. The lowest BCUT2D eigenvalue weighted by molar-refractivity contribution is 0.350. The Balaban J connectivity index is 3.20. The Morgan fingerprint density at radius 3 is 2.53 bits per heavy atom. The molecule has 90 valence electrons. The molecule has 0 rings (SSSR count). The van der Waals surface area contributed by atoms with Crippen molar-refractivity contribution in [2.24, 2.45) is 5.92 Å². The standard InChI is InChI=1S/C13H28N2/c1-12(2)10-14-8-6-7-9-15(5)11-13(3)4/h12,14H,3,6-11H2,1-2,4-5H3. The molecule has 0 aromatic rings. The van der Waals surface area contributed by atoms with Crippen molar-refractivity contribution in [3.63, 3.8) is 0 Å². The van der Waals surface area contributed by atoms with Gasteiger partial charge < -0.3 is 10.2 Å². The van der Waals surface area contributed by atoms with E-state index in [2.05, 4.69) is 44.6 Å². The molecule has 0 saturated carbocycles. The van der Waals surface area contributed by atoms with Crippen LogP contribution in [0.5, 0.6) is 0 Å². The van der Waals surface area contributed by atoms with Crippen LogP contribution in [0.2, 0.25) is 0 Å². The first-order chi connectivity index (χ1) is 7.02. The summed E-state index contributed by atoms with van der Waals surface area (Å²) in [4.78, 5) is 2.34. The largest absolute Gasteiger partial charge is 0.316 e. The van der Waals surface area contributed by atoms with Gasteiger partial charge in [-0.2, -0.15) is 0 Å². The molecule has 0 spiro atoms. The molecule has 0 aliphatic carbocycles. The molecule has 0 aliphatic rings. The monoisotopic (exact) mass is 212 g/mol. The molecule has 0 aromatic carbocycles. The van der Waals surface area contributed by atoms with E-state index >= 15 is 0 Å². The second-order valence-electron chi connectivity index (χ2n) is 5.00. The summed E-state index contributed by atoms with van der Waals surface area (Å²) in [6.45, 7) is 15.0. The summed E-state index contributed by atoms with van der Waals surface area (Å²) in [5.41, 5.74) is 1.25. The molecule has 2 heteroatoms. The van der Waals surface area contributed by atoms with Crippen LogP contribution in [-0.2, 0) is 0 Å². The second-order valence-corrected chi connectivity index (χ2v) is 5.00. The normalized spacial score (nSPS) is 11.3. The van der Waals surface area contributed by atoms with Gasteiger partial charge in [-0.25, -0.2) is 0 Å². The highest BCUT2D eigenvalue weighted by atomic mass is 15.1. The van der Waals surface area contributed by atoms with Gasteiger partial charge in [0.05, 0.1) is 0 Å². The van der Waals surface area contributed by atoms with Crippen molar-refractivity contribution in [2.75, 3.05) is 33.2 Å². The van der Waals surface area contributed by atoms with E-state index in [1.807, 2.05) is 0 Å². The summed E-state index contributed by atoms with van der Waals surface area (Å²) in [6, 6.07) is 0. The maximum atomic E-state index is 3.92. The number of nitrogens with zero attached hydrogens (tertiary/aromatic N) is 1. The van der Waals surface area contributed by atoms with Gasteiger partial charge in [0.2, 0.25) is 0 Å². The Bertz CT molecular complexity index is 164. The highest BCUT2D eigenvalue weighted by molar-refractivity contribution is 4.90. The second kappa shape index (κ2) is 8.93. The van der Waals surface area contributed by atoms with Gasteiger partial charge >= 0.3 is 0 Å². The highest BCUT2D eigenvalue weighted by Crippen LogP contribution is 1.96. The van der Waals surface area contributed by atoms with Gasteiger partial charge in [-0.15, -0.1) is 0 Å². The Morgan fingerprint density at radius 1 is 1.33 bits per heavy atom. The highest BCUT2D eigenvalue weighted by Gasteiger charge is 1.98. The van der Waals surface area contributed by atoms with Crippen molar-refractivity contribution in [1.29, 1.82) is 0 Å². The summed E-state index contributed by atoms with van der Waals surface area (Å²) in [7, 11) is 2.16. The number of nitrogens with one attached hydrogen (secondary N) is 1. The fraction of sp³-hybridized carbons (Fsp3) is 0.846. The average Bonchev–Trinajstić information content (AvgIpc) is 2.09. The Labute approximate surface area is 95.7 Å².